The minimum atomic E-state index is -1.08. The maximum absolute atomic E-state index is 12.1. The molecule has 1 aliphatic heterocycles. The number of nitrogens with one attached hydrogen (secondary N) is 1. The Balaban J connectivity index is 1.94. The first-order valence-corrected chi connectivity index (χ1v) is 7.35. The molecule has 6 heteroatoms. The van der Waals surface area contributed by atoms with E-state index in [1.165, 1.54) is 6.07 Å². The SMILES string of the molecule is Cc1ccc(NC(=O)C(C)OCC2CCCO2)c(C(=O)O)c1. The van der Waals surface area contributed by atoms with Crippen molar-refractivity contribution in [2.75, 3.05) is 18.5 Å². The fraction of sp³-hybridized carbons (Fsp3) is 0.500. The number of aryl methyl sites for hydroxylation is 1. The fourth-order valence-electron chi connectivity index (χ4n) is 2.28. The monoisotopic (exact) mass is 307 g/mol. The lowest BCUT2D eigenvalue weighted by Gasteiger charge is -2.17. The van der Waals surface area contributed by atoms with Crippen molar-refractivity contribution in [3.8, 4) is 0 Å². The van der Waals surface area contributed by atoms with Crippen LogP contribution in [0.4, 0.5) is 5.69 Å². The lowest BCUT2D eigenvalue weighted by molar-refractivity contribution is -0.128. The third-order valence-electron chi connectivity index (χ3n) is 3.59. The quantitative estimate of drug-likeness (QED) is 0.841. The van der Waals surface area contributed by atoms with Crippen LogP contribution in [-0.4, -0.2) is 42.4 Å². The Kier molecular flexibility index (Phi) is 5.51. The topological polar surface area (TPSA) is 84.9 Å². The van der Waals surface area contributed by atoms with Crippen LogP contribution in [0.2, 0.25) is 0 Å². The summed E-state index contributed by atoms with van der Waals surface area (Å²) >= 11 is 0. The molecule has 0 aliphatic carbocycles. The summed E-state index contributed by atoms with van der Waals surface area (Å²) in [7, 11) is 0. The molecule has 0 aromatic heterocycles. The molecule has 2 N–H and O–H groups in total. The van der Waals surface area contributed by atoms with Crippen LogP contribution in [-0.2, 0) is 14.3 Å². The van der Waals surface area contributed by atoms with E-state index in [0.717, 1.165) is 25.0 Å². The summed E-state index contributed by atoms with van der Waals surface area (Å²) in [5.74, 6) is -1.45. The van der Waals surface area contributed by atoms with Crippen LogP contribution < -0.4 is 5.32 Å². The molecule has 1 aromatic carbocycles. The number of hydrogen-bond acceptors (Lipinski definition) is 4. The van der Waals surface area contributed by atoms with Crippen LogP contribution in [0.3, 0.4) is 0 Å². The van der Waals surface area contributed by atoms with E-state index < -0.39 is 12.1 Å². The van der Waals surface area contributed by atoms with Gasteiger partial charge in [0.05, 0.1) is 24.0 Å². The Morgan fingerprint density at radius 1 is 1.50 bits per heavy atom. The Hall–Kier alpha value is -1.92. The van der Waals surface area contributed by atoms with Gasteiger partial charge in [-0.2, -0.15) is 0 Å². The van der Waals surface area contributed by atoms with E-state index in [0.29, 0.717) is 6.61 Å². The normalized spacial score (nSPS) is 18.9. The number of ether oxygens (including phenoxy) is 2. The van der Waals surface area contributed by atoms with Crippen LogP contribution in [0.25, 0.3) is 0 Å². The number of benzene rings is 1. The van der Waals surface area contributed by atoms with Crippen molar-refractivity contribution < 1.29 is 24.2 Å². The second-order valence-electron chi connectivity index (χ2n) is 5.45. The van der Waals surface area contributed by atoms with E-state index in [4.69, 9.17) is 9.47 Å². The van der Waals surface area contributed by atoms with Gasteiger partial charge in [0, 0.05) is 6.61 Å². The van der Waals surface area contributed by atoms with E-state index in [9.17, 15) is 14.7 Å². The molecule has 0 saturated carbocycles. The number of anilines is 1. The summed E-state index contributed by atoms with van der Waals surface area (Å²) in [5, 5.41) is 11.8. The van der Waals surface area contributed by atoms with E-state index in [1.54, 1.807) is 26.0 Å². The van der Waals surface area contributed by atoms with Gasteiger partial charge < -0.3 is 19.9 Å². The number of carboxylic acids is 1. The van der Waals surface area contributed by atoms with Gasteiger partial charge in [0.15, 0.2) is 0 Å². The van der Waals surface area contributed by atoms with Crippen molar-refractivity contribution in [1.29, 1.82) is 0 Å². The number of hydrogen-bond donors (Lipinski definition) is 2. The van der Waals surface area contributed by atoms with Crippen LogP contribution in [0, 0.1) is 6.92 Å². The fourth-order valence-corrected chi connectivity index (χ4v) is 2.28. The smallest absolute Gasteiger partial charge is 0.337 e. The lowest BCUT2D eigenvalue weighted by Crippen LogP contribution is -2.31. The average molecular weight is 307 g/mol. The number of carboxylic acid groups (broad SMARTS) is 1. The highest BCUT2D eigenvalue weighted by molar-refractivity contribution is 6.01. The highest BCUT2D eigenvalue weighted by Crippen LogP contribution is 2.18. The first-order valence-electron chi connectivity index (χ1n) is 7.35. The van der Waals surface area contributed by atoms with Crippen LogP contribution in [0.1, 0.15) is 35.7 Å². The van der Waals surface area contributed by atoms with Gasteiger partial charge in [-0.05, 0) is 38.8 Å². The zero-order valence-electron chi connectivity index (χ0n) is 12.8. The van der Waals surface area contributed by atoms with Crippen molar-refractivity contribution in [3.63, 3.8) is 0 Å². The molecule has 6 nitrogen and oxygen atoms in total. The van der Waals surface area contributed by atoms with E-state index >= 15 is 0 Å². The zero-order valence-corrected chi connectivity index (χ0v) is 12.8. The highest BCUT2D eigenvalue weighted by atomic mass is 16.5. The molecular formula is C16H21NO5. The molecule has 0 bridgehead atoms. The molecule has 1 aromatic rings. The number of carbonyl (C=O) groups excluding carboxylic acids is 1. The molecule has 2 rings (SSSR count). The molecule has 1 heterocycles. The minimum Gasteiger partial charge on any atom is -0.478 e. The van der Waals surface area contributed by atoms with Gasteiger partial charge in [0.25, 0.3) is 5.91 Å². The molecular weight excluding hydrogens is 286 g/mol. The minimum absolute atomic E-state index is 0.0456. The zero-order chi connectivity index (χ0) is 16.1. The lowest BCUT2D eigenvalue weighted by atomic mass is 10.1. The number of rotatable bonds is 6. The predicted molar refractivity (Wildman–Crippen MR) is 81.2 cm³/mol. The largest absolute Gasteiger partial charge is 0.478 e. The summed E-state index contributed by atoms with van der Waals surface area (Å²) in [6.07, 6.45) is 1.33. The Morgan fingerprint density at radius 2 is 2.27 bits per heavy atom. The number of aromatic carboxylic acids is 1. The van der Waals surface area contributed by atoms with Gasteiger partial charge in [0.1, 0.15) is 6.10 Å². The third kappa shape index (κ3) is 4.29. The van der Waals surface area contributed by atoms with Crippen molar-refractivity contribution in [3.05, 3.63) is 29.3 Å². The molecule has 22 heavy (non-hydrogen) atoms. The maximum atomic E-state index is 12.1. The summed E-state index contributed by atoms with van der Waals surface area (Å²) in [6.45, 7) is 4.54. The van der Waals surface area contributed by atoms with Gasteiger partial charge in [-0.15, -0.1) is 0 Å². The van der Waals surface area contributed by atoms with E-state index in [-0.39, 0.29) is 23.3 Å². The van der Waals surface area contributed by atoms with Gasteiger partial charge >= 0.3 is 5.97 Å². The Morgan fingerprint density at radius 3 is 2.91 bits per heavy atom. The van der Waals surface area contributed by atoms with Gasteiger partial charge in [-0.25, -0.2) is 4.79 Å². The second-order valence-corrected chi connectivity index (χ2v) is 5.45. The van der Waals surface area contributed by atoms with Gasteiger partial charge in [-0.1, -0.05) is 11.6 Å². The summed E-state index contributed by atoms with van der Waals surface area (Å²) in [4.78, 5) is 23.3. The maximum Gasteiger partial charge on any atom is 0.337 e. The van der Waals surface area contributed by atoms with Gasteiger partial charge in [-0.3, -0.25) is 4.79 Å². The Labute approximate surface area is 129 Å². The molecule has 1 amide bonds. The first kappa shape index (κ1) is 16.5. The van der Waals surface area contributed by atoms with Crippen LogP contribution in [0.15, 0.2) is 18.2 Å². The van der Waals surface area contributed by atoms with Crippen molar-refractivity contribution in [2.24, 2.45) is 0 Å². The summed E-state index contributed by atoms with van der Waals surface area (Å²) < 4.78 is 10.9. The van der Waals surface area contributed by atoms with Crippen molar-refractivity contribution in [1.82, 2.24) is 0 Å². The van der Waals surface area contributed by atoms with Crippen molar-refractivity contribution in [2.45, 2.75) is 38.9 Å². The van der Waals surface area contributed by atoms with E-state index in [1.807, 2.05) is 0 Å². The molecule has 0 spiro atoms. The first-order chi connectivity index (χ1) is 10.5. The summed E-state index contributed by atoms with van der Waals surface area (Å²) in [5.41, 5.74) is 1.16. The molecule has 2 atom stereocenters. The van der Waals surface area contributed by atoms with Gasteiger partial charge in [0.2, 0.25) is 0 Å². The molecule has 120 valence electrons. The summed E-state index contributed by atoms with van der Waals surface area (Å²) in [6, 6.07) is 4.86. The molecule has 1 fully saturated rings. The van der Waals surface area contributed by atoms with Crippen molar-refractivity contribution >= 4 is 17.6 Å². The van der Waals surface area contributed by atoms with E-state index in [2.05, 4.69) is 5.32 Å². The predicted octanol–water partition coefficient (Wildman–Crippen LogP) is 2.22. The Bertz CT molecular complexity index is 551. The molecule has 1 saturated heterocycles. The van der Waals surface area contributed by atoms with Crippen LogP contribution >= 0.6 is 0 Å². The highest BCUT2D eigenvalue weighted by Gasteiger charge is 2.21. The van der Waals surface area contributed by atoms with Crippen LogP contribution in [0.5, 0.6) is 0 Å². The standard InChI is InChI=1S/C16H21NO5/c1-10-5-6-14(13(8-10)16(19)20)17-15(18)11(2)22-9-12-4-3-7-21-12/h5-6,8,11-12H,3-4,7,9H2,1-2H3,(H,17,18)(H,19,20). The second kappa shape index (κ2) is 7.38. The molecule has 1 aliphatic rings. The number of amides is 1. The molecule has 0 radical (unpaired) electrons. The average Bonchev–Trinajstić information content (AvgIpc) is 2.99. The number of carbonyl (C=O) groups is 2. The third-order valence-corrected chi connectivity index (χ3v) is 3.59. The molecule has 2 unspecified atom stereocenters.